The van der Waals surface area contributed by atoms with Crippen LogP contribution in [0.15, 0.2) is 18.2 Å². The smallest absolute Gasteiger partial charge is 0.120 e. The van der Waals surface area contributed by atoms with Crippen LogP contribution in [0.1, 0.15) is 24.1 Å². The molecule has 60 valence electrons. The van der Waals surface area contributed by atoms with Crippen molar-refractivity contribution >= 4 is 0 Å². The fourth-order valence-electron chi connectivity index (χ4n) is 1.26. The summed E-state index contributed by atoms with van der Waals surface area (Å²) in [4.78, 5) is 0. The Morgan fingerprint density at radius 1 is 1.45 bits per heavy atom. The van der Waals surface area contributed by atoms with Crippen LogP contribution in [0, 0.1) is 6.92 Å². The fourth-order valence-corrected chi connectivity index (χ4v) is 1.26. The molecule has 0 fully saturated rings. The van der Waals surface area contributed by atoms with Crippen LogP contribution in [-0.4, -0.2) is 5.11 Å². The van der Waals surface area contributed by atoms with E-state index >= 15 is 0 Å². The lowest BCUT2D eigenvalue weighted by Crippen LogP contribution is -2.06. The summed E-state index contributed by atoms with van der Waals surface area (Å²) in [6.07, 6.45) is 0. The van der Waals surface area contributed by atoms with Gasteiger partial charge in [0.1, 0.15) is 5.75 Å². The lowest BCUT2D eigenvalue weighted by Gasteiger charge is -2.10. The third-order valence-electron chi connectivity index (χ3n) is 1.76. The van der Waals surface area contributed by atoms with Gasteiger partial charge in [-0.05, 0) is 25.5 Å². The van der Waals surface area contributed by atoms with Crippen molar-refractivity contribution in [2.45, 2.75) is 19.9 Å². The molecule has 1 aromatic carbocycles. The zero-order chi connectivity index (χ0) is 8.43. The Labute approximate surface area is 66.7 Å². The van der Waals surface area contributed by atoms with Gasteiger partial charge in [-0.1, -0.05) is 12.1 Å². The van der Waals surface area contributed by atoms with Crippen LogP contribution in [-0.2, 0) is 0 Å². The first-order valence-corrected chi connectivity index (χ1v) is 3.67. The third-order valence-corrected chi connectivity index (χ3v) is 1.76. The predicted octanol–water partition coefficient (Wildman–Crippen LogP) is 1.72. The van der Waals surface area contributed by atoms with Gasteiger partial charge in [-0.25, -0.2) is 0 Å². The highest BCUT2D eigenvalue weighted by Crippen LogP contribution is 2.25. The number of nitrogens with two attached hydrogens (primary N) is 1. The number of aromatic hydroxyl groups is 1. The molecule has 0 saturated heterocycles. The summed E-state index contributed by atoms with van der Waals surface area (Å²) in [5.41, 5.74) is 7.54. The maximum absolute atomic E-state index is 9.38. The maximum Gasteiger partial charge on any atom is 0.120 e. The molecule has 0 aromatic heterocycles. The van der Waals surface area contributed by atoms with Crippen molar-refractivity contribution in [2.75, 3.05) is 0 Å². The van der Waals surface area contributed by atoms with Crippen LogP contribution >= 0.6 is 0 Å². The Kier molecular flexibility index (Phi) is 2.15. The molecule has 0 aliphatic carbocycles. The van der Waals surface area contributed by atoms with Gasteiger partial charge in [0.15, 0.2) is 0 Å². The standard InChI is InChI=1S/C9H13NO/c1-6-4-3-5-8(11)9(6)7(2)10/h3-5,7,11H,10H2,1-2H3/t7-/m0/s1. The number of hydrogen-bond donors (Lipinski definition) is 2. The minimum Gasteiger partial charge on any atom is -0.508 e. The first-order valence-electron chi connectivity index (χ1n) is 3.67. The van der Waals surface area contributed by atoms with Gasteiger partial charge in [0.25, 0.3) is 0 Å². The first kappa shape index (κ1) is 8.08. The van der Waals surface area contributed by atoms with Crippen LogP contribution in [0.2, 0.25) is 0 Å². The number of hydrogen-bond acceptors (Lipinski definition) is 2. The van der Waals surface area contributed by atoms with E-state index in [-0.39, 0.29) is 6.04 Å². The predicted molar refractivity (Wildman–Crippen MR) is 45.4 cm³/mol. The van der Waals surface area contributed by atoms with Crippen molar-refractivity contribution in [1.29, 1.82) is 0 Å². The normalized spacial score (nSPS) is 13.0. The summed E-state index contributed by atoms with van der Waals surface area (Å²) < 4.78 is 0. The van der Waals surface area contributed by atoms with Gasteiger partial charge in [-0.2, -0.15) is 0 Å². The SMILES string of the molecule is Cc1cccc(O)c1[C@H](C)N. The second-order valence-electron chi connectivity index (χ2n) is 2.80. The number of phenols is 1. The first-order chi connectivity index (χ1) is 5.13. The summed E-state index contributed by atoms with van der Waals surface area (Å²) in [6, 6.07) is 5.32. The molecule has 0 aliphatic rings. The average molecular weight is 151 g/mol. The highest BCUT2D eigenvalue weighted by atomic mass is 16.3. The van der Waals surface area contributed by atoms with Crippen LogP contribution in [0.25, 0.3) is 0 Å². The van der Waals surface area contributed by atoms with Gasteiger partial charge in [-0.3, -0.25) is 0 Å². The Balaban J connectivity index is 3.21. The van der Waals surface area contributed by atoms with Crippen molar-refractivity contribution in [3.63, 3.8) is 0 Å². The molecule has 0 saturated carbocycles. The largest absolute Gasteiger partial charge is 0.508 e. The van der Waals surface area contributed by atoms with Crippen LogP contribution in [0.5, 0.6) is 5.75 Å². The van der Waals surface area contributed by atoms with E-state index in [1.165, 1.54) is 0 Å². The van der Waals surface area contributed by atoms with E-state index in [9.17, 15) is 5.11 Å². The highest BCUT2D eigenvalue weighted by molar-refractivity contribution is 5.40. The van der Waals surface area contributed by atoms with Crippen molar-refractivity contribution in [2.24, 2.45) is 5.73 Å². The summed E-state index contributed by atoms with van der Waals surface area (Å²) in [6.45, 7) is 3.81. The molecule has 1 atom stereocenters. The Morgan fingerprint density at radius 3 is 2.45 bits per heavy atom. The topological polar surface area (TPSA) is 46.2 Å². The van der Waals surface area contributed by atoms with Crippen LogP contribution < -0.4 is 5.73 Å². The number of benzene rings is 1. The lowest BCUT2D eigenvalue weighted by atomic mass is 10.0. The molecular formula is C9H13NO. The van der Waals surface area contributed by atoms with E-state index in [0.717, 1.165) is 11.1 Å². The number of phenolic OH excluding ortho intramolecular Hbond substituents is 1. The number of rotatable bonds is 1. The van der Waals surface area contributed by atoms with Crippen molar-refractivity contribution in [3.05, 3.63) is 29.3 Å². The van der Waals surface area contributed by atoms with Crippen molar-refractivity contribution < 1.29 is 5.11 Å². The molecule has 0 radical (unpaired) electrons. The molecule has 0 bridgehead atoms. The van der Waals surface area contributed by atoms with Crippen LogP contribution in [0.4, 0.5) is 0 Å². The molecule has 0 spiro atoms. The van der Waals surface area contributed by atoms with Crippen molar-refractivity contribution in [1.82, 2.24) is 0 Å². The van der Waals surface area contributed by atoms with E-state index in [1.54, 1.807) is 6.07 Å². The molecule has 1 aromatic rings. The van der Waals surface area contributed by atoms with E-state index < -0.39 is 0 Å². The molecule has 2 nitrogen and oxygen atoms in total. The van der Waals surface area contributed by atoms with Crippen molar-refractivity contribution in [3.8, 4) is 5.75 Å². The van der Waals surface area contributed by atoms with Gasteiger partial charge >= 0.3 is 0 Å². The van der Waals surface area contributed by atoms with E-state index in [0.29, 0.717) is 5.75 Å². The Bertz CT molecular complexity index is 235. The second-order valence-corrected chi connectivity index (χ2v) is 2.80. The summed E-state index contributed by atoms with van der Waals surface area (Å²) in [5, 5.41) is 9.38. The number of aryl methyl sites for hydroxylation is 1. The summed E-state index contributed by atoms with van der Waals surface area (Å²) >= 11 is 0. The minimum atomic E-state index is -0.101. The van der Waals surface area contributed by atoms with Gasteiger partial charge in [-0.15, -0.1) is 0 Å². The maximum atomic E-state index is 9.38. The van der Waals surface area contributed by atoms with Crippen LogP contribution in [0.3, 0.4) is 0 Å². The van der Waals surface area contributed by atoms with Gasteiger partial charge in [0, 0.05) is 11.6 Å². The van der Waals surface area contributed by atoms with Gasteiger partial charge < -0.3 is 10.8 Å². The zero-order valence-corrected chi connectivity index (χ0v) is 6.83. The Morgan fingerprint density at radius 2 is 2.09 bits per heavy atom. The molecule has 0 heterocycles. The monoisotopic (exact) mass is 151 g/mol. The summed E-state index contributed by atoms with van der Waals surface area (Å²) in [5.74, 6) is 0.292. The lowest BCUT2D eigenvalue weighted by molar-refractivity contribution is 0.463. The highest BCUT2D eigenvalue weighted by Gasteiger charge is 2.07. The van der Waals surface area contributed by atoms with Gasteiger partial charge in [0.05, 0.1) is 0 Å². The quantitative estimate of drug-likeness (QED) is 0.642. The summed E-state index contributed by atoms with van der Waals surface area (Å²) in [7, 11) is 0. The molecule has 0 amide bonds. The molecule has 0 aliphatic heterocycles. The fraction of sp³-hybridized carbons (Fsp3) is 0.333. The molecule has 3 N–H and O–H groups in total. The molecular weight excluding hydrogens is 138 g/mol. The van der Waals surface area contributed by atoms with E-state index in [4.69, 9.17) is 5.73 Å². The molecule has 1 rings (SSSR count). The Hall–Kier alpha value is -1.02. The molecule has 2 heteroatoms. The van der Waals surface area contributed by atoms with Gasteiger partial charge in [0.2, 0.25) is 0 Å². The third kappa shape index (κ3) is 1.52. The zero-order valence-electron chi connectivity index (χ0n) is 6.83. The second kappa shape index (κ2) is 2.93. The van der Waals surface area contributed by atoms with E-state index in [1.807, 2.05) is 26.0 Å². The molecule has 0 unspecified atom stereocenters. The molecule has 11 heavy (non-hydrogen) atoms. The van der Waals surface area contributed by atoms with E-state index in [2.05, 4.69) is 0 Å². The minimum absolute atomic E-state index is 0.101. The average Bonchev–Trinajstić information content (AvgIpc) is 1.85.